The number of hydrogen-bond acceptors (Lipinski definition) is 7. The van der Waals surface area contributed by atoms with Crippen LogP contribution in [0.4, 0.5) is 11.6 Å². The van der Waals surface area contributed by atoms with Gasteiger partial charge in [0, 0.05) is 12.2 Å². The summed E-state index contributed by atoms with van der Waals surface area (Å²) in [5.41, 5.74) is 5.31. The fraction of sp³-hybridized carbons (Fsp3) is 0.269. The van der Waals surface area contributed by atoms with E-state index in [-0.39, 0.29) is 18.2 Å². The number of aromatic hydroxyl groups is 1. The van der Waals surface area contributed by atoms with Crippen LogP contribution in [0.2, 0.25) is 0 Å². The number of phenolic OH excluding ortho intramolecular Hbond substituents is 1. The number of aromatic nitrogens is 3. The van der Waals surface area contributed by atoms with Gasteiger partial charge in [0.25, 0.3) is 0 Å². The Bertz CT molecular complexity index is 1260. The van der Waals surface area contributed by atoms with Crippen LogP contribution in [0.5, 0.6) is 11.5 Å². The van der Waals surface area contributed by atoms with E-state index in [4.69, 9.17) is 4.74 Å². The Morgan fingerprint density at radius 2 is 1.76 bits per heavy atom. The van der Waals surface area contributed by atoms with Crippen molar-refractivity contribution in [3.8, 4) is 22.6 Å². The molecule has 0 spiro atoms. The van der Waals surface area contributed by atoms with Crippen LogP contribution >= 0.6 is 12.4 Å². The van der Waals surface area contributed by atoms with Crippen LogP contribution in [0.1, 0.15) is 18.4 Å². The van der Waals surface area contributed by atoms with Crippen molar-refractivity contribution in [2.24, 2.45) is 0 Å². The number of nitrogens with one attached hydrogen (secondary N) is 1. The predicted molar refractivity (Wildman–Crippen MR) is 137 cm³/mol. The summed E-state index contributed by atoms with van der Waals surface area (Å²) in [5.74, 6) is 1.53. The molecule has 1 fully saturated rings. The summed E-state index contributed by atoms with van der Waals surface area (Å²) in [6.07, 6.45) is 2.59. The number of nitrogens with zero attached hydrogens (tertiary/aromatic N) is 4. The van der Waals surface area contributed by atoms with E-state index in [0.717, 1.165) is 40.2 Å². The molecule has 5 rings (SSSR count). The van der Waals surface area contributed by atoms with Crippen molar-refractivity contribution < 1.29 is 9.84 Å². The van der Waals surface area contributed by atoms with Crippen LogP contribution in [-0.4, -0.2) is 51.4 Å². The molecule has 1 saturated heterocycles. The van der Waals surface area contributed by atoms with Crippen LogP contribution in [0, 0.1) is 6.92 Å². The number of fused-ring (bicyclic) bond motifs is 1. The first-order valence-electron chi connectivity index (χ1n) is 11.3. The minimum atomic E-state index is 0. The smallest absolute Gasteiger partial charge is 0.247 e. The molecule has 4 aromatic rings. The molecule has 2 heterocycles. The van der Waals surface area contributed by atoms with Crippen molar-refractivity contribution in [3.63, 3.8) is 0 Å². The third-order valence-corrected chi connectivity index (χ3v) is 5.94. The Kier molecular flexibility index (Phi) is 7.45. The van der Waals surface area contributed by atoms with Crippen molar-refractivity contribution in [3.05, 3.63) is 66.2 Å². The minimum Gasteiger partial charge on any atom is -0.508 e. The Labute approximate surface area is 205 Å². The number of halogens is 1. The van der Waals surface area contributed by atoms with Gasteiger partial charge in [-0.3, -0.25) is 4.90 Å². The highest BCUT2D eigenvalue weighted by Gasteiger charge is 2.11. The molecule has 3 aromatic carbocycles. The lowest BCUT2D eigenvalue weighted by molar-refractivity contribution is 0.238. The molecule has 0 aliphatic carbocycles. The van der Waals surface area contributed by atoms with Crippen molar-refractivity contribution >= 4 is 35.1 Å². The number of anilines is 2. The van der Waals surface area contributed by atoms with Gasteiger partial charge in [-0.25, -0.2) is 4.98 Å². The summed E-state index contributed by atoms with van der Waals surface area (Å²) >= 11 is 0. The molecule has 0 unspecified atom stereocenters. The Morgan fingerprint density at radius 3 is 2.53 bits per heavy atom. The summed E-state index contributed by atoms with van der Waals surface area (Å²) in [4.78, 5) is 7.07. The number of rotatable bonds is 7. The fourth-order valence-electron chi connectivity index (χ4n) is 4.19. The summed E-state index contributed by atoms with van der Waals surface area (Å²) < 4.78 is 5.87. The molecule has 7 nitrogen and oxygen atoms in total. The third-order valence-electron chi connectivity index (χ3n) is 5.94. The quantitative estimate of drug-likeness (QED) is 0.371. The van der Waals surface area contributed by atoms with E-state index in [1.54, 1.807) is 12.1 Å². The van der Waals surface area contributed by atoms with Gasteiger partial charge in [-0.2, -0.15) is 0 Å². The van der Waals surface area contributed by atoms with Crippen molar-refractivity contribution in [1.82, 2.24) is 20.1 Å². The monoisotopic (exact) mass is 477 g/mol. The highest BCUT2D eigenvalue weighted by molar-refractivity contribution is 5.85. The van der Waals surface area contributed by atoms with E-state index in [2.05, 4.69) is 25.4 Å². The summed E-state index contributed by atoms with van der Waals surface area (Å²) in [6, 6.07) is 18.9. The van der Waals surface area contributed by atoms with Gasteiger partial charge in [0.05, 0.1) is 5.52 Å². The summed E-state index contributed by atoms with van der Waals surface area (Å²) in [5, 5.41) is 21.6. The number of likely N-dealkylation sites (tertiary alicyclic amines) is 1. The van der Waals surface area contributed by atoms with E-state index in [9.17, 15) is 5.11 Å². The first-order chi connectivity index (χ1) is 16.1. The maximum absolute atomic E-state index is 9.80. The normalized spacial score (nSPS) is 13.6. The standard InChI is InChI=1S/C26H27N5O2.ClH/c1-18-15-24-25(17-23(18)19-5-4-6-21(32)16-19)29-30-26(28-24)27-20-7-9-22(10-8-20)33-14-13-31-11-2-3-12-31;/h4-10,15-17,32H,2-3,11-14H2,1H3,(H,27,28,30);1H. The zero-order chi connectivity index (χ0) is 22.6. The molecule has 8 heteroatoms. The molecule has 176 valence electrons. The average molecular weight is 478 g/mol. The number of hydrogen-bond donors (Lipinski definition) is 2. The van der Waals surface area contributed by atoms with Crippen LogP contribution in [0.25, 0.3) is 22.2 Å². The molecule has 0 saturated carbocycles. The Morgan fingerprint density at radius 1 is 0.971 bits per heavy atom. The maximum Gasteiger partial charge on any atom is 0.247 e. The molecule has 2 N–H and O–H groups in total. The average Bonchev–Trinajstić information content (AvgIpc) is 3.33. The maximum atomic E-state index is 9.80. The van der Waals surface area contributed by atoms with Crippen LogP contribution < -0.4 is 10.1 Å². The van der Waals surface area contributed by atoms with Crippen molar-refractivity contribution in [2.45, 2.75) is 19.8 Å². The summed E-state index contributed by atoms with van der Waals surface area (Å²) in [6.45, 7) is 6.07. The van der Waals surface area contributed by atoms with Gasteiger partial charge in [0.1, 0.15) is 23.6 Å². The topological polar surface area (TPSA) is 83.4 Å². The number of ether oxygens (including phenoxy) is 1. The zero-order valence-electron chi connectivity index (χ0n) is 19.1. The molecule has 1 aromatic heterocycles. The largest absolute Gasteiger partial charge is 0.508 e. The third kappa shape index (κ3) is 5.55. The van der Waals surface area contributed by atoms with Gasteiger partial charge < -0.3 is 15.2 Å². The minimum absolute atomic E-state index is 0. The van der Waals surface area contributed by atoms with Gasteiger partial charge in [-0.15, -0.1) is 22.6 Å². The van der Waals surface area contributed by atoms with Crippen LogP contribution in [-0.2, 0) is 0 Å². The molecule has 0 bridgehead atoms. The van der Waals surface area contributed by atoms with Gasteiger partial charge in [0.15, 0.2) is 0 Å². The van der Waals surface area contributed by atoms with Gasteiger partial charge in [0.2, 0.25) is 5.95 Å². The molecule has 0 amide bonds. The van der Waals surface area contributed by atoms with Crippen molar-refractivity contribution in [2.75, 3.05) is 31.6 Å². The first kappa shape index (κ1) is 23.7. The molecular weight excluding hydrogens is 450 g/mol. The lowest BCUT2D eigenvalue weighted by atomic mass is 9.99. The number of benzene rings is 3. The second-order valence-corrected chi connectivity index (χ2v) is 8.39. The lowest BCUT2D eigenvalue weighted by Gasteiger charge is -2.15. The molecule has 1 aliphatic heterocycles. The predicted octanol–water partition coefficient (Wildman–Crippen LogP) is 5.35. The molecule has 34 heavy (non-hydrogen) atoms. The molecular formula is C26H28ClN5O2. The second kappa shape index (κ2) is 10.7. The lowest BCUT2D eigenvalue weighted by Crippen LogP contribution is -2.25. The van der Waals surface area contributed by atoms with E-state index in [1.807, 2.05) is 55.5 Å². The summed E-state index contributed by atoms with van der Waals surface area (Å²) in [7, 11) is 0. The highest BCUT2D eigenvalue weighted by Crippen LogP contribution is 2.29. The molecule has 0 radical (unpaired) electrons. The number of phenols is 1. The van der Waals surface area contributed by atoms with E-state index in [0.29, 0.717) is 18.1 Å². The van der Waals surface area contributed by atoms with Gasteiger partial charge in [-0.05, 0) is 98.1 Å². The Balaban J connectivity index is 0.00000274. The highest BCUT2D eigenvalue weighted by atomic mass is 35.5. The second-order valence-electron chi connectivity index (χ2n) is 8.39. The molecule has 1 aliphatic rings. The first-order valence-corrected chi connectivity index (χ1v) is 11.3. The van der Waals surface area contributed by atoms with Crippen LogP contribution in [0.3, 0.4) is 0 Å². The van der Waals surface area contributed by atoms with Gasteiger partial charge in [-0.1, -0.05) is 12.1 Å². The van der Waals surface area contributed by atoms with Gasteiger partial charge >= 0.3 is 0 Å². The zero-order valence-corrected chi connectivity index (χ0v) is 19.9. The molecule has 0 atom stereocenters. The van der Waals surface area contributed by atoms with Crippen molar-refractivity contribution in [1.29, 1.82) is 0 Å². The number of aryl methyl sites for hydroxylation is 1. The van der Waals surface area contributed by atoms with E-state index < -0.39 is 0 Å². The fourth-order valence-corrected chi connectivity index (χ4v) is 4.19. The van der Waals surface area contributed by atoms with E-state index in [1.165, 1.54) is 25.9 Å². The van der Waals surface area contributed by atoms with Crippen LogP contribution in [0.15, 0.2) is 60.7 Å². The Hall–Kier alpha value is -3.42. The van der Waals surface area contributed by atoms with E-state index >= 15 is 0 Å². The SMILES string of the molecule is Cc1cc2nc(Nc3ccc(OCCN4CCCC4)cc3)nnc2cc1-c1cccc(O)c1.Cl.